The van der Waals surface area contributed by atoms with Crippen LogP contribution in [-0.2, 0) is 10.5 Å². The third-order valence-electron chi connectivity index (χ3n) is 4.15. The van der Waals surface area contributed by atoms with Crippen molar-refractivity contribution in [2.45, 2.75) is 56.6 Å². The minimum absolute atomic E-state index is 0.0179. The molecule has 0 heterocycles. The van der Waals surface area contributed by atoms with Gasteiger partial charge < -0.3 is 5.32 Å². The van der Waals surface area contributed by atoms with Crippen molar-refractivity contribution in [2.75, 3.05) is 0 Å². The zero-order valence-corrected chi connectivity index (χ0v) is 13.3. The van der Waals surface area contributed by atoms with E-state index in [1.165, 1.54) is 24.8 Å². The maximum absolute atomic E-state index is 12.2. The van der Waals surface area contributed by atoms with E-state index in [0.29, 0.717) is 12.0 Å². The quantitative estimate of drug-likeness (QED) is 0.888. The molecular formula is C17H25NOS. The van der Waals surface area contributed by atoms with Crippen LogP contribution in [0.5, 0.6) is 0 Å². The van der Waals surface area contributed by atoms with Crippen molar-refractivity contribution in [1.82, 2.24) is 5.32 Å². The van der Waals surface area contributed by atoms with Crippen LogP contribution in [0, 0.1) is 5.92 Å². The van der Waals surface area contributed by atoms with Crippen LogP contribution in [0.1, 0.15) is 45.1 Å². The molecule has 0 aromatic heterocycles. The third-order valence-corrected chi connectivity index (χ3v) is 5.37. The van der Waals surface area contributed by atoms with E-state index in [4.69, 9.17) is 0 Å². The molecule has 1 aromatic rings. The van der Waals surface area contributed by atoms with Gasteiger partial charge in [0.15, 0.2) is 0 Å². The summed E-state index contributed by atoms with van der Waals surface area (Å²) in [5, 5.41) is 3.26. The maximum Gasteiger partial charge on any atom is 0.233 e. The predicted molar refractivity (Wildman–Crippen MR) is 86.8 cm³/mol. The molecule has 0 saturated heterocycles. The van der Waals surface area contributed by atoms with Gasteiger partial charge in [-0.1, -0.05) is 50.1 Å². The van der Waals surface area contributed by atoms with E-state index in [1.54, 1.807) is 11.8 Å². The lowest BCUT2D eigenvalue weighted by Crippen LogP contribution is -2.44. The Balaban J connectivity index is 1.77. The minimum atomic E-state index is 0.0179. The van der Waals surface area contributed by atoms with Crippen molar-refractivity contribution in [3.05, 3.63) is 35.9 Å². The maximum atomic E-state index is 12.2. The highest BCUT2D eigenvalue weighted by molar-refractivity contribution is 7.99. The molecule has 1 aromatic carbocycles. The molecular weight excluding hydrogens is 266 g/mol. The molecule has 3 unspecified atom stereocenters. The van der Waals surface area contributed by atoms with Crippen LogP contribution < -0.4 is 5.32 Å². The molecule has 3 heteroatoms. The predicted octanol–water partition coefficient (Wildman–Crippen LogP) is 4.00. The summed E-state index contributed by atoms with van der Waals surface area (Å²) < 4.78 is 0. The third kappa shape index (κ3) is 4.55. The summed E-state index contributed by atoms with van der Waals surface area (Å²) in [6, 6.07) is 10.7. The van der Waals surface area contributed by atoms with Gasteiger partial charge in [-0.05, 0) is 31.2 Å². The van der Waals surface area contributed by atoms with Gasteiger partial charge in [0, 0.05) is 11.8 Å². The van der Waals surface area contributed by atoms with Crippen LogP contribution in [0.15, 0.2) is 30.3 Å². The second kappa shape index (κ2) is 7.72. The lowest BCUT2D eigenvalue weighted by molar-refractivity contribution is -0.121. The Labute approximate surface area is 126 Å². The first-order valence-electron chi connectivity index (χ1n) is 7.62. The Morgan fingerprint density at radius 3 is 2.70 bits per heavy atom. The summed E-state index contributed by atoms with van der Waals surface area (Å²) in [7, 11) is 0. The fourth-order valence-electron chi connectivity index (χ4n) is 2.70. The molecule has 0 radical (unpaired) electrons. The van der Waals surface area contributed by atoms with Crippen molar-refractivity contribution in [1.29, 1.82) is 0 Å². The summed E-state index contributed by atoms with van der Waals surface area (Å²) in [5.41, 5.74) is 1.28. The van der Waals surface area contributed by atoms with Crippen molar-refractivity contribution < 1.29 is 4.79 Å². The number of benzene rings is 1. The number of nitrogens with one attached hydrogen (secondary N) is 1. The SMILES string of the molecule is CC(SCc1ccccc1)C(=O)NC1CCCCC1C. The molecule has 2 rings (SSSR count). The van der Waals surface area contributed by atoms with Gasteiger partial charge in [-0.25, -0.2) is 0 Å². The van der Waals surface area contributed by atoms with Crippen LogP contribution >= 0.6 is 11.8 Å². The first kappa shape index (κ1) is 15.4. The van der Waals surface area contributed by atoms with Crippen molar-refractivity contribution in [3.8, 4) is 0 Å². The fraction of sp³-hybridized carbons (Fsp3) is 0.588. The highest BCUT2D eigenvalue weighted by Crippen LogP contribution is 2.24. The van der Waals surface area contributed by atoms with Gasteiger partial charge in [0.1, 0.15) is 0 Å². The number of thioether (sulfide) groups is 1. The zero-order valence-electron chi connectivity index (χ0n) is 12.5. The average Bonchev–Trinajstić information content (AvgIpc) is 2.48. The van der Waals surface area contributed by atoms with E-state index in [1.807, 2.05) is 25.1 Å². The Morgan fingerprint density at radius 1 is 1.30 bits per heavy atom. The summed E-state index contributed by atoms with van der Waals surface area (Å²) >= 11 is 1.72. The molecule has 1 N–H and O–H groups in total. The Morgan fingerprint density at radius 2 is 2.00 bits per heavy atom. The van der Waals surface area contributed by atoms with Gasteiger partial charge in [-0.15, -0.1) is 11.8 Å². The standard InChI is InChI=1S/C17H25NOS/c1-13-8-6-7-11-16(13)18-17(19)14(2)20-12-15-9-4-3-5-10-15/h3-5,9-10,13-14,16H,6-8,11-12H2,1-2H3,(H,18,19). The van der Waals surface area contributed by atoms with Crippen molar-refractivity contribution in [3.63, 3.8) is 0 Å². The fourth-order valence-corrected chi connectivity index (χ4v) is 3.56. The number of hydrogen-bond acceptors (Lipinski definition) is 2. The van der Waals surface area contributed by atoms with Crippen molar-refractivity contribution >= 4 is 17.7 Å². The molecule has 1 amide bonds. The molecule has 110 valence electrons. The number of hydrogen-bond donors (Lipinski definition) is 1. The Bertz CT molecular complexity index is 420. The summed E-state index contributed by atoms with van der Waals surface area (Å²) in [4.78, 5) is 12.2. The lowest BCUT2D eigenvalue weighted by atomic mass is 9.86. The van der Waals surface area contributed by atoms with Crippen LogP contribution in [-0.4, -0.2) is 17.2 Å². The first-order chi connectivity index (χ1) is 9.66. The summed E-state index contributed by atoms with van der Waals surface area (Å²) in [5.74, 6) is 1.72. The normalized spacial score (nSPS) is 24.1. The smallest absolute Gasteiger partial charge is 0.233 e. The molecule has 1 aliphatic carbocycles. The van der Waals surface area contributed by atoms with E-state index < -0.39 is 0 Å². The van der Waals surface area contributed by atoms with Gasteiger partial charge in [-0.3, -0.25) is 4.79 Å². The highest BCUT2D eigenvalue weighted by atomic mass is 32.2. The molecule has 1 saturated carbocycles. The molecule has 0 bridgehead atoms. The van der Waals surface area contributed by atoms with Gasteiger partial charge in [-0.2, -0.15) is 0 Å². The highest BCUT2D eigenvalue weighted by Gasteiger charge is 2.24. The van der Waals surface area contributed by atoms with Crippen LogP contribution in [0.2, 0.25) is 0 Å². The van der Waals surface area contributed by atoms with Gasteiger partial charge in [0.2, 0.25) is 5.91 Å². The molecule has 1 fully saturated rings. The summed E-state index contributed by atoms with van der Waals surface area (Å²) in [6.07, 6.45) is 4.95. The zero-order chi connectivity index (χ0) is 14.4. The second-order valence-electron chi connectivity index (χ2n) is 5.82. The molecule has 0 aliphatic heterocycles. The average molecular weight is 291 g/mol. The van der Waals surface area contributed by atoms with Crippen LogP contribution in [0.3, 0.4) is 0 Å². The topological polar surface area (TPSA) is 29.1 Å². The number of amides is 1. The van der Waals surface area contributed by atoms with Crippen molar-refractivity contribution in [2.24, 2.45) is 5.92 Å². The van der Waals surface area contributed by atoms with E-state index in [-0.39, 0.29) is 11.2 Å². The Kier molecular flexibility index (Phi) is 5.96. The molecule has 3 atom stereocenters. The first-order valence-corrected chi connectivity index (χ1v) is 8.67. The minimum Gasteiger partial charge on any atom is -0.352 e. The van der Waals surface area contributed by atoms with E-state index in [2.05, 4.69) is 24.4 Å². The molecule has 2 nitrogen and oxygen atoms in total. The largest absolute Gasteiger partial charge is 0.352 e. The van der Waals surface area contributed by atoms with E-state index in [0.717, 1.165) is 12.2 Å². The van der Waals surface area contributed by atoms with Gasteiger partial charge in [0.05, 0.1) is 5.25 Å². The van der Waals surface area contributed by atoms with Gasteiger partial charge in [0.25, 0.3) is 0 Å². The molecule has 1 aliphatic rings. The number of carbonyl (C=O) groups is 1. The summed E-state index contributed by atoms with van der Waals surface area (Å²) in [6.45, 7) is 4.27. The lowest BCUT2D eigenvalue weighted by Gasteiger charge is -2.30. The number of rotatable bonds is 5. The Hall–Kier alpha value is -0.960. The molecule has 20 heavy (non-hydrogen) atoms. The molecule has 0 spiro atoms. The second-order valence-corrected chi connectivity index (χ2v) is 7.14. The van der Waals surface area contributed by atoms with Gasteiger partial charge >= 0.3 is 0 Å². The van der Waals surface area contributed by atoms with E-state index in [9.17, 15) is 4.79 Å². The van der Waals surface area contributed by atoms with Crippen LogP contribution in [0.4, 0.5) is 0 Å². The van der Waals surface area contributed by atoms with E-state index >= 15 is 0 Å². The number of carbonyl (C=O) groups excluding carboxylic acids is 1. The van der Waals surface area contributed by atoms with Crippen LogP contribution in [0.25, 0.3) is 0 Å². The monoisotopic (exact) mass is 291 g/mol.